The van der Waals surface area contributed by atoms with Gasteiger partial charge in [0.1, 0.15) is 0 Å². The van der Waals surface area contributed by atoms with Crippen LogP contribution in [0.2, 0.25) is 0 Å². The number of hydrogen-bond acceptors (Lipinski definition) is 3. The number of hydrogen-bond donors (Lipinski definition) is 2. The molecule has 1 saturated heterocycles. The van der Waals surface area contributed by atoms with Crippen molar-refractivity contribution in [2.75, 3.05) is 6.61 Å². The molecule has 1 aliphatic carbocycles. The summed E-state index contributed by atoms with van der Waals surface area (Å²) in [4.78, 5) is 0. The van der Waals surface area contributed by atoms with Gasteiger partial charge >= 0.3 is 0 Å². The van der Waals surface area contributed by atoms with Crippen LogP contribution in [-0.2, 0) is 4.74 Å². The molecular weight excluding hydrogens is 116 g/mol. The molecular formula is C6H12N2O. The summed E-state index contributed by atoms with van der Waals surface area (Å²) in [5.41, 5.74) is 11.5. The molecule has 4 N–H and O–H groups in total. The Kier molecular flexibility index (Phi) is 0.928. The van der Waals surface area contributed by atoms with Gasteiger partial charge < -0.3 is 16.2 Å². The van der Waals surface area contributed by atoms with E-state index in [1.165, 1.54) is 0 Å². The average Bonchev–Trinajstić information content (AvgIpc) is 2.20. The molecule has 2 bridgehead atoms. The van der Waals surface area contributed by atoms with Gasteiger partial charge in [0.25, 0.3) is 0 Å². The van der Waals surface area contributed by atoms with Gasteiger partial charge in [0.05, 0.1) is 12.7 Å². The highest BCUT2D eigenvalue weighted by molar-refractivity contribution is 5.05. The first-order valence-corrected chi connectivity index (χ1v) is 3.36. The van der Waals surface area contributed by atoms with Gasteiger partial charge in [-0.05, 0) is 12.8 Å². The maximum Gasteiger partial charge on any atom is 0.0745 e. The van der Waals surface area contributed by atoms with E-state index >= 15 is 0 Å². The minimum Gasteiger partial charge on any atom is -0.375 e. The van der Waals surface area contributed by atoms with Crippen molar-refractivity contribution in [1.29, 1.82) is 0 Å². The number of fused-ring (bicyclic) bond motifs is 2. The average molecular weight is 128 g/mol. The second-order valence-corrected chi connectivity index (χ2v) is 3.28. The SMILES string of the molecule is N[C@@H]1C[C@@]2(N)CO[C@@H]1C2. The molecule has 1 aliphatic heterocycles. The molecule has 0 aromatic rings. The first-order chi connectivity index (χ1) is 4.20. The van der Waals surface area contributed by atoms with Gasteiger partial charge in [-0.3, -0.25) is 0 Å². The fourth-order valence-electron chi connectivity index (χ4n) is 1.81. The Morgan fingerprint density at radius 3 is 2.44 bits per heavy atom. The Balaban J connectivity index is 2.19. The summed E-state index contributed by atoms with van der Waals surface area (Å²) in [7, 11) is 0. The van der Waals surface area contributed by atoms with Crippen LogP contribution in [0, 0.1) is 0 Å². The Morgan fingerprint density at radius 2 is 2.22 bits per heavy atom. The first-order valence-electron chi connectivity index (χ1n) is 3.36. The summed E-state index contributed by atoms with van der Waals surface area (Å²) in [5.74, 6) is 0. The van der Waals surface area contributed by atoms with Crippen LogP contribution < -0.4 is 11.5 Å². The summed E-state index contributed by atoms with van der Waals surface area (Å²) in [5, 5.41) is 0. The molecule has 3 nitrogen and oxygen atoms in total. The van der Waals surface area contributed by atoms with Crippen molar-refractivity contribution < 1.29 is 4.74 Å². The van der Waals surface area contributed by atoms with Crippen molar-refractivity contribution in [3.8, 4) is 0 Å². The number of ether oxygens (including phenoxy) is 1. The molecule has 1 heterocycles. The summed E-state index contributed by atoms with van der Waals surface area (Å²) in [6, 6.07) is 0.198. The maximum absolute atomic E-state index is 5.89. The minimum absolute atomic E-state index is 0.0654. The van der Waals surface area contributed by atoms with Crippen molar-refractivity contribution >= 4 is 0 Å². The third kappa shape index (κ3) is 0.689. The molecule has 3 heteroatoms. The first kappa shape index (κ1) is 5.65. The van der Waals surface area contributed by atoms with Crippen LogP contribution in [0.25, 0.3) is 0 Å². The molecule has 0 amide bonds. The highest BCUT2D eigenvalue weighted by Gasteiger charge is 2.47. The van der Waals surface area contributed by atoms with Crippen LogP contribution in [0.4, 0.5) is 0 Å². The van der Waals surface area contributed by atoms with Gasteiger partial charge in [-0.25, -0.2) is 0 Å². The molecule has 0 unspecified atom stereocenters. The Bertz CT molecular complexity index is 135. The van der Waals surface area contributed by atoms with E-state index in [4.69, 9.17) is 16.2 Å². The zero-order valence-corrected chi connectivity index (χ0v) is 5.34. The molecule has 3 atom stereocenters. The van der Waals surface area contributed by atoms with Crippen LogP contribution in [0.5, 0.6) is 0 Å². The van der Waals surface area contributed by atoms with Crippen LogP contribution in [0.1, 0.15) is 12.8 Å². The highest BCUT2D eigenvalue weighted by atomic mass is 16.5. The van der Waals surface area contributed by atoms with Crippen molar-refractivity contribution in [3.05, 3.63) is 0 Å². The molecule has 0 aromatic heterocycles. The van der Waals surface area contributed by atoms with E-state index in [-0.39, 0.29) is 17.7 Å². The normalized spacial score (nSPS) is 56.7. The monoisotopic (exact) mass is 128 g/mol. The lowest BCUT2D eigenvalue weighted by atomic mass is 10.0. The quantitative estimate of drug-likeness (QED) is 0.449. The van der Waals surface area contributed by atoms with Gasteiger partial charge in [-0.2, -0.15) is 0 Å². The predicted molar refractivity (Wildman–Crippen MR) is 33.9 cm³/mol. The molecule has 2 aliphatic rings. The van der Waals surface area contributed by atoms with Gasteiger partial charge in [0.15, 0.2) is 0 Å². The lowest BCUT2D eigenvalue weighted by molar-refractivity contribution is 0.0565. The van der Waals surface area contributed by atoms with Gasteiger partial charge in [-0.1, -0.05) is 0 Å². The third-order valence-corrected chi connectivity index (χ3v) is 2.31. The molecule has 52 valence electrons. The van der Waals surface area contributed by atoms with Crippen molar-refractivity contribution in [2.45, 2.75) is 30.5 Å². The van der Waals surface area contributed by atoms with E-state index < -0.39 is 0 Å². The summed E-state index contributed by atoms with van der Waals surface area (Å²) in [6.45, 7) is 0.714. The Labute approximate surface area is 54.3 Å². The van der Waals surface area contributed by atoms with E-state index in [1.807, 2.05) is 0 Å². The summed E-state index contributed by atoms with van der Waals surface area (Å²) >= 11 is 0. The zero-order valence-electron chi connectivity index (χ0n) is 5.34. The molecule has 0 spiro atoms. The molecule has 0 aromatic carbocycles. The number of nitrogens with two attached hydrogens (primary N) is 2. The summed E-state index contributed by atoms with van der Waals surface area (Å²) in [6.07, 6.45) is 2.17. The zero-order chi connectivity index (χ0) is 6.48. The third-order valence-electron chi connectivity index (χ3n) is 2.31. The van der Waals surface area contributed by atoms with Gasteiger partial charge in [-0.15, -0.1) is 0 Å². The lowest BCUT2D eigenvalue weighted by Gasteiger charge is -2.23. The van der Waals surface area contributed by atoms with Crippen molar-refractivity contribution in [1.82, 2.24) is 0 Å². The highest BCUT2D eigenvalue weighted by Crippen LogP contribution is 2.35. The minimum atomic E-state index is -0.0654. The molecule has 1 saturated carbocycles. The second-order valence-electron chi connectivity index (χ2n) is 3.28. The Hall–Kier alpha value is -0.120. The van der Waals surface area contributed by atoms with E-state index in [9.17, 15) is 0 Å². The van der Waals surface area contributed by atoms with Gasteiger partial charge in [0, 0.05) is 11.6 Å². The van der Waals surface area contributed by atoms with Crippen LogP contribution in [0.3, 0.4) is 0 Å². The molecule has 9 heavy (non-hydrogen) atoms. The number of rotatable bonds is 0. The van der Waals surface area contributed by atoms with Crippen molar-refractivity contribution in [3.63, 3.8) is 0 Å². The smallest absolute Gasteiger partial charge is 0.0745 e. The van der Waals surface area contributed by atoms with E-state index in [2.05, 4.69) is 0 Å². The molecule has 2 rings (SSSR count). The van der Waals surface area contributed by atoms with Crippen LogP contribution in [-0.4, -0.2) is 24.3 Å². The van der Waals surface area contributed by atoms with Crippen LogP contribution >= 0.6 is 0 Å². The predicted octanol–water partition coefficient (Wildman–Crippen LogP) is -0.796. The Morgan fingerprint density at radius 1 is 1.44 bits per heavy atom. The fraction of sp³-hybridized carbons (Fsp3) is 1.00. The lowest BCUT2D eigenvalue weighted by Crippen LogP contribution is -2.44. The van der Waals surface area contributed by atoms with E-state index in [0.717, 1.165) is 12.8 Å². The fourth-order valence-corrected chi connectivity index (χ4v) is 1.81. The van der Waals surface area contributed by atoms with Crippen molar-refractivity contribution in [2.24, 2.45) is 11.5 Å². The van der Waals surface area contributed by atoms with Crippen LogP contribution in [0.15, 0.2) is 0 Å². The van der Waals surface area contributed by atoms with E-state index in [1.54, 1.807) is 0 Å². The largest absolute Gasteiger partial charge is 0.375 e. The maximum atomic E-state index is 5.89. The second kappa shape index (κ2) is 1.48. The van der Waals surface area contributed by atoms with E-state index in [0.29, 0.717) is 6.61 Å². The summed E-state index contributed by atoms with van der Waals surface area (Å²) < 4.78 is 5.32. The molecule has 0 radical (unpaired) electrons. The van der Waals surface area contributed by atoms with Gasteiger partial charge in [0.2, 0.25) is 0 Å². The standard InChI is InChI=1S/C6H12N2O/c7-4-1-6(8)2-5(4)9-3-6/h4-5H,1-3,7-8H2/t4-,5-,6+/m1/s1. The molecule has 2 fully saturated rings. The topological polar surface area (TPSA) is 61.3 Å².